The van der Waals surface area contributed by atoms with Crippen LogP contribution >= 0.6 is 0 Å². The highest BCUT2D eigenvalue weighted by Crippen LogP contribution is 2.34. The van der Waals surface area contributed by atoms with E-state index in [1.807, 2.05) is 0 Å². The molecule has 23 heavy (non-hydrogen) atoms. The average Bonchev–Trinajstić information content (AvgIpc) is 2.34. The van der Waals surface area contributed by atoms with Gasteiger partial charge in [0, 0.05) is 39.5 Å². The van der Waals surface area contributed by atoms with Gasteiger partial charge in [0.1, 0.15) is 6.04 Å². The largest absolute Gasteiger partial charge is 0.408 e. The van der Waals surface area contributed by atoms with Crippen molar-refractivity contribution in [3.05, 3.63) is 0 Å². The molecule has 2 aliphatic rings. The molecule has 130 valence electrons. The molecular formula is C14H20F3N3O3. The van der Waals surface area contributed by atoms with E-state index in [4.69, 9.17) is 0 Å². The van der Waals surface area contributed by atoms with Gasteiger partial charge >= 0.3 is 6.18 Å². The number of amides is 3. The Morgan fingerprint density at radius 3 is 2.13 bits per heavy atom. The first-order chi connectivity index (χ1) is 10.6. The number of alkyl halides is 3. The molecule has 9 heteroatoms. The second-order valence-corrected chi connectivity index (χ2v) is 6.14. The van der Waals surface area contributed by atoms with Crippen LogP contribution in [-0.2, 0) is 14.4 Å². The maximum Gasteiger partial charge on any atom is 0.408 e. The van der Waals surface area contributed by atoms with Gasteiger partial charge in [-0.05, 0) is 12.8 Å². The summed E-state index contributed by atoms with van der Waals surface area (Å²) in [5.74, 6) is -1.73. The van der Waals surface area contributed by atoms with Crippen molar-refractivity contribution in [1.82, 2.24) is 15.1 Å². The minimum absolute atomic E-state index is 0.153. The highest BCUT2D eigenvalue weighted by molar-refractivity contribution is 5.84. The number of hydrogen-bond acceptors (Lipinski definition) is 3. The maximum atomic E-state index is 13.2. The highest BCUT2D eigenvalue weighted by Gasteiger charge is 2.50. The number of rotatable bonds is 2. The molecule has 0 radical (unpaired) electrons. The van der Waals surface area contributed by atoms with Gasteiger partial charge in [0.15, 0.2) is 0 Å². The number of halogens is 3. The lowest BCUT2D eigenvalue weighted by atomic mass is 9.92. The third-order valence-corrected chi connectivity index (χ3v) is 4.33. The number of hydrogen-bond donors (Lipinski definition) is 1. The topological polar surface area (TPSA) is 69.7 Å². The number of nitrogens with one attached hydrogen (secondary N) is 1. The molecule has 0 spiro atoms. The van der Waals surface area contributed by atoms with Crippen molar-refractivity contribution >= 4 is 17.7 Å². The average molecular weight is 335 g/mol. The predicted molar refractivity (Wildman–Crippen MR) is 74.1 cm³/mol. The van der Waals surface area contributed by atoms with Crippen LogP contribution in [0.15, 0.2) is 0 Å². The Labute approximate surface area is 132 Å². The zero-order chi connectivity index (χ0) is 17.4. The molecule has 1 N–H and O–H groups in total. The second-order valence-electron chi connectivity index (χ2n) is 6.14. The van der Waals surface area contributed by atoms with E-state index >= 15 is 0 Å². The summed E-state index contributed by atoms with van der Waals surface area (Å²) in [5.41, 5.74) is 0. The van der Waals surface area contributed by atoms with E-state index in [0.29, 0.717) is 0 Å². The van der Waals surface area contributed by atoms with Crippen LogP contribution in [0.1, 0.15) is 26.7 Å². The van der Waals surface area contributed by atoms with Crippen LogP contribution in [-0.4, -0.2) is 65.4 Å². The first kappa shape index (κ1) is 17.6. The van der Waals surface area contributed by atoms with Gasteiger partial charge in [-0.2, -0.15) is 13.2 Å². The number of carbonyl (C=O) groups is 3. The molecule has 2 saturated heterocycles. The van der Waals surface area contributed by atoms with Crippen molar-refractivity contribution < 1.29 is 27.6 Å². The summed E-state index contributed by atoms with van der Waals surface area (Å²) in [6.07, 6.45) is -4.55. The zero-order valence-electron chi connectivity index (χ0n) is 13.0. The van der Waals surface area contributed by atoms with Gasteiger partial charge in [0.25, 0.3) is 0 Å². The summed E-state index contributed by atoms with van der Waals surface area (Å²) in [5, 5.41) is 2.58. The van der Waals surface area contributed by atoms with Gasteiger partial charge < -0.3 is 15.1 Å². The maximum absolute atomic E-state index is 13.2. The number of piperidine rings is 1. The lowest BCUT2D eigenvalue weighted by Crippen LogP contribution is -2.63. The van der Waals surface area contributed by atoms with Gasteiger partial charge in [0.2, 0.25) is 17.7 Å². The van der Waals surface area contributed by atoms with Crippen LogP contribution in [0.4, 0.5) is 13.2 Å². The summed E-state index contributed by atoms with van der Waals surface area (Å²) < 4.78 is 39.6. The smallest absolute Gasteiger partial charge is 0.352 e. The third-order valence-electron chi connectivity index (χ3n) is 4.33. The van der Waals surface area contributed by atoms with E-state index in [1.54, 1.807) is 0 Å². The van der Waals surface area contributed by atoms with Gasteiger partial charge in [0.05, 0.1) is 5.92 Å². The summed E-state index contributed by atoms with van der Waals surface area (Å²) in [4.78, 5) is 36.9. The fraction of sp³-hybridized carbons (Fsp3) is 0.786. The Bertz CT molecular complexity index is 503. The molecule has 2 unspecified atom stereocenters. The molecule has 0 aliphatic carbocycles. The van der Waals surface area contributed by atoms with Crippen molar-refractivity contribution in [3.63, 3.8) is 0 Å². The van der Waals surface area contributed by atoms with Crippen LogP contribution in [0.2, 0.25) is 0 Å². The van der Waals surface area contributed by atoms with Crippen molar-refractivity contribution in [2.24, 2.45) is 5.92 Å². The van der Waals surface area contributed by atoms with E-state index in [1.165, 1.54) is 18.7 Å². The molecule has 2 rings (SSSR count). The standard InChI is InChI=1S/C14H20F3N3O3/c1-8(21)18-11-3-4-12(14(15,16)17)20(7-11)13(23)10-5-19(6-10)9(2)22/h10-12H,3-7H2,1-2H3,(H,18,21). The monoisotopic (exact) mass is 335 g/mol. The lowest BCUT2D eigenvalue weighted by Gasteiger charge is -2.45. The molecule has 0 bridgehead atoms. The van der Waals surface area contributed by atoms with Crippen LogP contribution < -0.4 is 5.32 Å². The first-order valence-electron chi connectivity index (χ1n) is 7.49. The third kappa shape index (κ3) is 3.94. The fourth-order valence-corrected chi connectivity index (χ4v) is 3.09. The fourth-order valence-electron chi connectivity index (χ4n) is 3.09. The Balaban J connectivity index is 2.07. The predicted octanol–water partition coefficient (Wildman–Crippen LogP) is 0.523. The normalized spacial score (nSPS) is 25.8. The Kier molecular flexibility index (Phi) is 4.86. The lowest BCUT2D eigenvalue weighted by molar-refractivity contribution is -0.201. The Hall–Kier alpha value is -1.80. The summed E-state index contributed by atoms with van der Waals surface area (Å²) in [6, 6.07) is -2.30. The molecule has 2 atom stereocenters. The molecule has 2 heterocycles. The minimum atomic E-state index is -4.50. The van der Waals surface area contributed by atoms with Gasteiger partial charge in [-0.25, -0.2) is 0 Å². The second kappa shape index (κ2) is 6.37. The minimum Gasteiger partial charge on any atom is -0.352 e. The van der Waals surface area contributed by atoms with Crippen molar-refractivity contribution in [2.45, 2.75) is 44.9 Å². The molecule has 0 aromatic carbocycles. The van der Waals surface area contributed by atoms with Crippen LogP contribution in [0, 0.1) is 5.92 Å². The molecule has 0 aromatic heterocycles. The molecule has 3 amide bonds. The summed E-state index contributed by atoms with van der Waals surface area (Å²) in [6.45, 7) is 2.80. The number of carbonyl (C=O) groups excluding carboxylic acids is 3. The molecule has 6 nitrogen and oxygen atoms in total. The van der Waals surface area contributed by atoms with Crippen LogP contribution in [0.3, 0.4) is 0 Å². The molecule has 2 fully saturated rings. The van der Waals surface area contributed by atoms with Gasteiger partial charge in [-0.15, -0.1) is 0 Å². The van der Waals surface area contributed by atoms with Crippen LogP contribution in [0.5, 0.6) is 0 Å². The van der Waals surface area contributed by atoms with Crippen LogP contribution in [0.25, 0.3) is 0 Å². The first-order valence-corrected chi connectivity index (χ1v) is 7.49. The van der Waals surface area contributed by atoms with Crippen molar-refractivity contribution in [1.29, 1.82) is 0 Å². The summed E-state index contributed by atoms with van der Waals surface area (Å²) >= 11 is 0. The molecular weight excluding hydrogens is 315 g/mol. The highest BCUT2D eigenvalue weighted by atomic mass is 19.4. The van der Waals surface area contributed by atoms with E-state index in [0.717, 1.165) is 4.90 Å². The van der Waals surface area contributed by atoms with E-state index in [2.05, 4.69) is 5.32 Å². The van der Waals surface area contributed by atoms with Crippen molar-refractivity contribution in [2.75, 3.05) is 19.6 Å². The molecule has 0 aromatic rings. The van der Waals surface area contributed by atoms with Gasteiger partial charge in [-0.1, -0.05) is 0 Å². The van der Waals surface area contributed by atoms with E-state index in [9.17, 15) is 27.6 Å². The van der Waals surface area contributed by atoms with E-state index in [-0.39, 0.29) is 44.3 Å². The Morgan fingerprint density at radius 2 is 1.65 bits per heavy atom. The molecule has 0 saturated carbocycles. The van der Waals surface area contributed by atoms with Crippen molar-refractivity contribution in [3.8, 4) is 0 Å². The van der Waals surface area contributed by atoms with E-state index < -0.39 is 30.1 Å². The quantitative estimate of drug-likeness (QED) is 0.800. The molecule has 2 aliphatic heterocycles. The SMILES string of the molecule is CC(=O)NC1CCC(C(F)(F)F)N(C(=O)C2CN(C(C)=O)C2)C1. The number of likely N-dealkylation sites (tertiary alicyclic amines) is 2. The van der Waals surface area contributed by atoms with Gasteiger partial charge in [-0.3, -0.25) is 14.4 Å². The zero-order valence-corrected chi connectivity index (χ0v) is 13.0. The number of nitrogens with zero attached hydrogens (tertiary/aromatic N) is 2. The Morgan fingerprint density at radius 1 is 1.04 bits per heavy atom. The summed E-state index contributed by atoms with van der Waals surface area (Å²) in [7, 11) is 0.